The van der Waals surface area contributed by atoms with Gasteiger partial charge < -0.3 is 48.1 Å². The van der Waals surface area contributed by atoms with Crippen molar-refractivity contribution >= 4 is 47.3 Å². The molecule has 1 heterocycles. The lowest BCUT2D eigenvalue weighted by Crippen LogP contribution is -2.61. The van der Waals surface area contributed by atoms with E-state index in [1.807, 2.05) is 20.8 Å². The van der Waals surface area contributed by atoms with Gasteiger partial charge in [-0.2, -0.15) is 0 Å². The summed E-state index contributed by atoms with van der Waals surface area (Å²) >= 11 is 0. The van der Waals surface area contributed by atoms with E-state index in [9.17, 15) is 43.5 Å². The van der Waals surface area contributed by atoms with Gasteiger partial charge in [0.15, 0.2) is 0 Å². The molecule has 10 N–H and O–H groups in total. The number of nitrogens with two attached hydrogens (primary N) is 2. The number of nitrogens with one attached hydrogen (secondary N) is 5. The van der Waals surface area contributed by atoms with Crippen LogP contribution in [-0.2, 0) is 44.8 Å². The van der Waals surface area contributed by atoms with E-state index in [1.54, 1.807) is 37.3 Å². The van der Waals surface area contributed by atoms with E-state index < -0.39 is 102 Å². The summed E-state index contributed by atoms with van der Waals surface area (Å²) in [6, 6.07) is 1.76. The van der Waals surface area contributed by atoms with Crippen LogP contribution in [0.15, 0.2) is 30.3 Å². The van der Waals surface area contributed by atoms with Gasteiger partial charge in [-0.05, 0) is 43.6 Å². The molecule has 288 valence electrons. The topological polar surface area (TPSA) is 272 Å². The van der Waals surface area contributed by atoms with E-state index in [0.717, 1.165) is 0 Å². The third kappa shape index (κ3) is 13.2. The second kappa shape index (κ2) is 20.7. The summed E-state index contributed by atoms with van der Waals surface area (Å²) in [6.07, 6.45) is 0.863. The van der Waals surface area contributed by atoms with Crippen molar-refractivity contribution in [2.24, 2.45) is 23.3 Å². The van der Waals surface area contributed by atoms with Gasteiger partial charge in [-0.1, -0.05) is 64.4 Å². The molecule has 1 aliphatic heterocycles. The molecule has 1 aromatic carbocycles. The highest BCUT2D eigenvalue weighted by Gasteiger charge is 2.38. The van der Waals surface area contributed by atoms with Crippen molar-refractivity contribution in [1.29, 1.82) is 0 Å². The van der Waals surface area contributed by atoms with Crippen LogP contribution in [0.2, 0.25) is 0 Å². The molecule has 17 heteroatoms. The van der Waals surface area contributed by atoms with Crippen LogP contribution in [0.1, 0.15) is 72.3 Å². The number of hydrogen-bond acceptors (Lipinski definition) is 9. The molecule has 0 saturated carbocycles. The van der Waals surface area contributed by atoms with Gasteiger partial charge in [0.2, 0.25) is 41.4 Å². The van der Waals surface area contributed by atoms with Crippen LogP contribution in [0.25, 0.3) is 0 Å². The number of carbonyl (C=O) groups is 8. The third-order valence-electron chi connectivity index (χ3n) is 8.84. The zero-order valence-electron chi connectivity index (χ0n) is 30.5. The molecule has 2 rings (SSSR count). The van der Waals surface area contributed by atoms with E-state index in [0.29, 0.717) is 24.8 Å². The van der Waals surface area contributed by atoms with Gasteiger partial charge in [0, 0.05) is 13.0 Å². The SMILES string of the molecule is CC[C@H](C)[C@H](NC(=O)[C@H](Cc1ccccc1)NC(=O)[C@H](CC(C)C)NC(=O)[C@H](CC(N)=O)NC(=O)CN)C(=O)N[C@@H](C)C(=O)N1CCC[C@H]1C(=O)O. The second-order valence-corrected chi connectivity index (χ2v) is 13.6. The number of hydrogen-bond donors (Lipinski definition) is 8. The predicted octanol–water partition coefficient (Wildman–Crippen LogP) is -1.33. The quantitative estimate of drug-likeness (QED) is 0.0783. The summed E-state index contributed by atoms with van der Waals surface area (Å²) in [5, 5.41) is 22.5. The van der Waals surface area contributed by atoms with Crippen molar-refractivity contribution in [1.82, 2.24) is 31.5 Å². The first-order valence-electron chi connectivity index (χ1n) is 17.5. The van der Waals surface area contributed by atoms with E-state index in [4.69, 9.17) is 11.5 Å². The Bertz CT molecular complexity index is 1440. The molecule has 1 aromatic rings. The van der Waals surface area contributed by atoms with E-state index in [1.165, 1.54) is 11.8 Å². The molecule has 1 aliphatic rings. The standard InChI is InChI=1S/C35H54N8O9/c1-6-20(4)29(33(49)38-21(5)34(50)43-14-10-13-26(43)35(51)52)42-32(48)24(16-22-11-8-7-9-12-22)41-30(46)23(15-19(2)3)40-31(47)25(17-27(37)44)39-28(45)18-36/h7-9,11-12,19-21,23-26,29H,6,10,13-18,36H2,1-5H3,(H2,37,44)(H,38,49)(H,39,45)(H,40,47)(H,41,46)(H,42,48)(H,51,52)/t20-,21-,23-,24-,25-,26-,29-/m0/s1. The van der Waals surface area contributed by atoms with Crippen molar-refractivity contribution in [3.63, 3.8) is 0 Å². The fourth-order valence-corrected chi connectivity index (χ4v) is 5.83. The minimum absolute atomic E-state index is 0.00683. The summed E-state index contributed by atoms with van der Waals surface area (Å²) in [5.74, 6) is -6.78. The van der Waals surface area contributed by atoms with Crippen LogP contribution >= 0.6 is 0 Å². The Labute approximate surface area is 303 Å². The summed E-state index contributed by atoms with van der Waals surface area (Å²) in [4.78, 5) is 104. The summed E-state index contributed by atoms with van der Waals surface area (Å²) in [7, 11) is 0. The summed E-state index contributed by atoms with van der Waals surface area (Å²) in [5.41, 5.74) is 11.3. The molecule has 0 unspecified atom stereocenters. The second-order valence-electron chi connectivity index (χ2n) is 13.6. The molecular weight excluding hydrogens is 676 g/mol. The Morgan fingerprint density at radius 1 is 0.827 bits per heavy atom. The number of carboxylic acid groups (broad SMARTS) is 1. The molecule has 0 aliphatic carbocycles. The van der Waals surface area contributed by atoms with Crippen LogP contribution in [-0.4, -0.2) is 107 Å². The van der Waals surface area contributed by atoms with E-state index in [-0.39, 0.29) is 25.3 Å². The van der Waals surface area contributed by atoms with E-state index in [2.05, 4.69) is 26.6 Å². The van der Waals surface area contributed by atoms with Crippen LogP contribution in [0.3, 0.4) is 0 Å². The Hall–Kier alpha value is -5.06. The van der Waals surface area contributed by atoms with Crippen LogP contribution in [0.4, 0.5) is 0 Å². The lowest BCUT2D eigenvalue weighted by atomic mass is 9.96. The smallest absolute Gasteiger partial charge is 0.326 e. The lowest BCUT2D eigenvalue weighted by molar-refractivity contribution is -0.149. The number of aliphatic carboxylic acids is 1. The van der Waals surface area contributed by atoms with Crippen molar-refractivity contribution in [3.8, 4) is 0 Å². The highest BCUT2D eigenvalue weighted by Crippen LogP contribution is 2.19. The largest absolute Gasteiger partial charge is 0.480 e. The van der Waals surface area contributed by atoms with Crippen molar-refractivity contribution < 1.29 is 43.5 Å². The van der Waals surface area contributed by atoms with Gasteiger partial charge in [-0.3, -0.25) is 33.6 Å². The molecule has 1 fully saturated rings. The van der Waals surface area contributed by atoms with Gasteiger partial charge >= 0.3 is 5.97 Å². The molecule has 0 bridgehead atoms. The van der Waals surface area contributed by atoms with E-state index >= 15 is 0 Å². The molecule has 7 amide bonds. The zero-order chi connectivity index (χ0) is 39.1. The number of amides is 7. The fourth-order valence-electron chi connectivity index (χ4n) is 5.83. The summed E-state index contributed by atoms with van der Waals surface area (Å²) in [6.45, 7) is 8.41. The van der Waals surface area contributed by atoms with Gasteiger partial charge in [0.1, 0.15) is 36.3 Å². The highest BCUT2D eigenvalue weighted by molar-refractivity contribution is 5.97. The van der Waals surface area contributed by atoms with Crippen LogP contribution in [0, 0.1) is 11.8 Å². The number of carbonyl (C=O) groups excluding carboxylic acids is 7. The van der Waals surface area contributed by atoms with Gasteiger partial charge in [-0.15, -0.1) is 0 Å². The first-order chi connectivity index (χ1) is 24.5. The van der Waals surface area contributed by atoms with Crippen molar-refractivity contribution in [3.05, 3.63) is 35.9 Å². The first-order valence-corrected chi connectivity index (χ1v) is 17.5. The average Bonchev–Trinajstić information content (AvgIpc) is 3.59. The monoisotopic (exact) mass is 730 g/mol. The predicted molar refractivity (Wildman–Crippen MR) is 190 cm³/mol. The third-order valence-corrected chi connectivity index (χ3v) is 8.84. The molecule has 0 spiro atoms. The van der Waals surface area contributed by atoms with Crippen molar-refractivity contribution in [2.45, 2.75) is 109 Å². The maximum absolute atomic E-state index is 14.0. The Morgan fingerprint density at radius 3 is 1.98 bits per heavy atom. The van der Waals surface area contributed by atoms with Crippen LogP contribution in [0.5, 0.6) is 0 Å². The Balaban J connectivity index is 2.33. The number of carboxylic acids is 1. The molecule has 1 saturated heterocycles. The van der Waals surface area contributed by atoms with Gasteiger partial charge in [0.25, 0.3) is 0 Å². The molecule has 0 aromatic heterocycles. The number of nitrogens with zero attached hydrogens (tertiary/aromatic N) is 1. The highest BCUT2D eigenvalue weighted by atomic mass is 16.4. The van der Waals surface area contributed by atoms with Crippen molar-refractivity contribution in [2.75, 3.05) is 13.1 Å². The molecule has 0 radical (unpaired) electrons. The average molecular weight is 731 g/mol. The molecule has 52 heavy (non-hydrogen) atoms. The first kappa shape index (κ1) is 43.1. The summed E-state index contributed by atoms with van der Waals surface area (Å²) < 4.78 is 0. The molecular formula is C35H54N8O9. The Kier molecular flexibility index (Phi) is 17.2. The number of likely N-dealkylation sites (tertiary alicyclic amines) is 1. The zero-order valence-corrected chi connectivity index (χ0v) is 30.5. The minimum Gasteiger partial charge on any atom is -0.480 e. The molecule has 7 atom stereocenters. The fraction of sp³-hybridized carbons (Fsp3) is 0.600. The minimum atomic E-state index is -1.40. The molecule has 17 nitrogen and oxygen atoms in total. The van der Waals surface area contributed by atoms with Gasteiger partial charge in [0.05, 0.1) is 13.0 Å². The number of benzene rings is 1. The number of primary amides is 1. The van der Waals surface area contributed by atoms with Gasteiger partial charge in [-0.25, -0.2) is 4.79 Å². The lowest BCUT2D eigenvalue weighted by Gasteiger charge is -2.30. The normalized spacial score (nSPS) is 17.4. The Morgan fingerprint density at radius 2 is 1.42 bits per heavy atom. The number of rotatable bonds is 20. The maximum Gasteiger partial charge on any atom is 0.326 e. The maximum atomic E-state index is 14.0. The van der Waals surface area contributed by atoms with Crippen LogP contribution < -0.4 is 38.1 Å².